The number of halogens is 3. The Hall–Kier alpha value is -2.24. The summed E-state index contributed by atoms with van der Waals surface area (Å²) in [7, 11) is 0. The molecule has 0 aliphatic carbocycles. The Morgan fingerprint density at radius 3 is 2.30 bits per heavy atom. The van der Waals surface area contributed by atoms with Gasteiger partial charge in [-0.05, 0) is 25.1 Å². The second-order valence-corrected chi connectivity index (χ2v) is 4.25. The zero-order valence-electron chi connectivity index (χ0n) is 10.7. The van der Waals surface area contributed by atoms with Gasteiger partial charge in [0.05, 0.1) is 5.56 Å². The minimum atomic E-state index is -4.37. The molecule has 0 aliphatic heterocycles. The molecule has 0 spiro atoms. The van der Waals surface area contributed by atoms with Crippen molar-refractivity contribution in [2.45, 2.75) is 20.0 Å². The van der Waals surface area contributed by atoms with Crippen molar-refractivity contribution < 1.29 is 27.1 Å². The fourth-order valence-electron chi connectivity index (χ4n) is 1.66. The van der Waals surface area contributed by atoms with E-state index in [0.717, 1.165) is 12.1 Å². The fraction of sp³-hybridized carbons (Fsp3) is 0.214. The lowest BCUT2D eigenvalue weighted by molar-refractivity contribution is -0.137. The molecule has 0 saturated carbocycles. The first-order valence-electron chi connectivity index (χ1n) is 5.74. The molecule has 2 aromatic rings. The van der Waals surface area contributed by atoms with Gasteiger partial charge in [0.2, 0.25) is 0 Å². The number of rotatable bonds is 2. The number of carbonyl (C=O) groups is 1. The minimum Gasteiger partial charge on any atom is -0.425 e. The van der Waals surface area contributed by atoms with Crippen LogP contribution in [0.5, 0.6) is 5.95 Å². The summed E-state index contributed by atoms with van der Waals surface area (Å²) in [5.74, 6) is -0.138. The highest BCUT2D eigenvalue weighted by Gasteiger charge is 2.30. The van der Waals surface area contributed by atoms with Gasteiger partial charge in [-0.1, -0.05) is 12.1 Å². The van der Waals surface area contributed by atoms with E-state index in [9.17, 15) is 18.0 Å². The molecule has 3 nitrogen and oxygen atoms in total. The quantitative estimate of drug-likeness (QED) is 0.776. The second-order valence-electron chi connectivity index (χ2n) is 4.25. The predicted molar refractivity (Wildman–Crippen MR) is 65.2 cm³/mol. The maximum Gasteiger partial charge on any atom is 0.416 e. The van der Waals surface area contributed by atoms with Crippen LogP contribution in [0.15, 0.2) is 34.7 Å². The summed E-state index contributed by atoms with van der Waals surface area (Å²) in [4.78, 5) is 10.9. The number of alkyl halides is 3. The van der Waals surface area contributed by atoms with Crippen LogP contribution >= 0.6 is 0 Å². The molecular weight excluding hydrogens is 273 g/mol. The van der Waals surface area contributed by atoms with Crippen LogP contribution in [0, 0.1) is 6.92 Å². The first kappa shape index (κ1) is 14.2. The fourth-order valence-corrected chi connectivity index (χ4v) is 1.66. The first-order valence-corrected chi connectivity index (χ1v) is 5.74. The van der Waals surface area contributed by atoms with Crippen molar-refractivity contribution in [3.8, 4) is 17.3 Å². The normalized spacial score (nSPS) is 11.4. The summed E-state index contributed by atoms with van der Waals surface area (Å²) in [6, 6.07) is 6.15. The van der Waals surface area contributed by atoms with Crippen LogP contribution in [0.25, 0.3) is 11.3 Å². The summed E-state index contributed by atoms with van der Waals surface area (Å²) in [5.41, 5.74) is 0.333. The summed E-state index contributed by atoms with van der Waals surface area (Å²) in [6.45, 7) is 2.91. The minimum absolute atomic E-state index is 0.0485. The number of benzene rings is 1. The third-order valence-corrected chi connectivity index (χ3v) is 2.61. The Bertz CT molecular complexity index is 624. The zero-order chi connectivity index (χ0) is 14.9. The molecule has 1 aromatic carbocycles. The summed E-state index contributed by atoms with van der Waals surface area (Å²) in [6.07, 6.45) is -4.37. The van der Waals surface area contributed by atoms with Crippen LogP contribution in [-0.2, 0) is 11.0 Å². The van der Waals surface area contributed by atoms with Gasteiger partial charge in [0, 0.05) is 18.1 Å². The van der Waals surface area contributed by atoms with Crippen molar-refractivity contribution in [2.24, 2.45) is 0 Å². The van der Waals surface area contributed by atoms with Crippen LogP contribution in [0.1, 0.15) is 18.1 Å². The molecule has 0 amide bonds. The van der Waals surface area contributed by atoms with Crippen molar-refractivity contribution in [1.82, 2.24) is 0 Å². The van der Waals surface area contributed by atoms with E-state index in [1.54, 1.807) is 13.0 Å². The number of aryl methyl sites for hydroxylation is 1. The lowest BCUT2D eigenvalue weighted by Gasteiger charge is -2.06. The van der Waals surface area contributed by atoms with Gasteiger partial charge in [0.15, 0.2) is 0 Å². The number of esters is 1. The number of hydrogen-bond acceptors (Lipinski definition) is 3. The third-order valence-electron chi connectivity index (χ3n) is 2.61. The zero-order valence-corrected chi connectivity index (χ0v) is 10.7. The van der Waals surface area contributed by atoms with E-state index in [1.165, 1.54) is 19.1 Å². The SMILES string of the molecule is CC(=O)Oc1oc(-c2ccc(C(F)(F)F)cc2)cc1C. The number of carbonyl (C=O) groups excluding carboxylic acids is 1. The van der Waals surface area contributed by atoms with Gasteiger partial charge < -0.3 is 9.15 Å². The number of furan rings is 1. The van der Waals surface area contributed by atoms with Gasteiger partial charge >= 0.3 is 12.1 Å². The van der Waals surface area contributed by atoms with Crippen molar-refractivity contribution in [3.63, 3.8) is 0 Å². The van der Waals surface area contributed by atoms with Gasteiger partial charge in [0.25, 0.3) is 5.95 Å². The Kier molecular flexibility index (Phi) is 3.57. The van der Waals surface area contributed by atoms with Gasteiger partial charge in [-0.3, -0.25) is 4.79 Å². The molecule has 0 atom stereocenters. The third kappa shape index (κ3) is 3.01. The van der Waals surface area contributed by atoms with Gasteiger partial charge in [0.1, 0.15) is 5.76 Å². The van der Waals surface area contributed by atoms with E-state index < -0.39 is 17.7 Å². The second kappa shape index (κ2) is 5.03. The van der Waals surface area contributed by atoms with E-state index >= 15 is 0 Å². The Morgan fingerprint density at radius 1 is 1.20 bits per heavy atom. The molecule has 0 fully saturated rings. The maximum absolute atomic E-state index is 12.5. The molecule has 0 bridgehead atoms. The van der Waals surface area contributed by atoms with Gasteiger partial charge in [-0.2, -0.15) is 13.2 Å². The summed E-state index contributed by atoms with van der Waals surface area (Å²) >= 11 is 0. The van der Waals surface area contributed by atoms with Crippen molar-refractivity contribution in [1.29, 1.82) is 0 Å². The van der Waals surface area contributed by atoms with E-state index in [-0.39, 0.29) is 5.95 Å². The smallest absolute Gasteiger partial charge is 0.416 e. The molecule has 0 radical (unpaired) electrons. The van der Waals surface area contributed by atoms with Crippen LogP contribution in [0.2, 0.25) is 0 Å². The molecule has 20 heavy (non-hydrogen) atoms. The van der Waals surface area contributed by atoms with Crippen LogP contribution in [0.3, 0.4) is 0 Å². The van der Waals surface area contributed by atoms with Crippen LogP contribution in [0.4, 0.5) is 13.2 Å². The highest BCUT2D eigenvalue weighted by atomic mass is 19.4. The monoisotopic (exact) mass is 284 g/mol. The van der Waals surface area contributed by atoms with E-state index in [4.69, 9.17) is 9.15 Å². The van der Waals surface area contributed by atoms with E-state index in [2.05, 4.69) is 0 Å². The van der Waals surface area contributed by atoms with Crippen LogP contribution < -0.4 is 4.74 Å². The Balaban J connectivity index is 2.30. The lowest BCUT2D eigenvalue weighted by Crippen LogP contribution is -2.03. The highest BCUT2D eigenvalue weighted by molar-refractivity contribution is 5.69. The molecule has 1 heterocycles. The molecule has 6 heteroatoms. The maximum atomic E-state index is 12.5. The highest BCUT2D eigenvalue weighted by Crippen LogP contribution is 2.33. The molecule has 1 aromatic heterocycles. The van der Waals surface area contributed by atoms with Crippen molar-refractivity contribution in [3.05, 3.63) is 41.5 Å². The van der Waals surface area contributed by atoms with Gasteiger partial charge in [-0.25, -0.2) is 0 Å². The number of ether oxygens (including phenoxy) is 1. The summed E-state index contributed by atoms with van der Waals surface area (Å²) in [5, 5.41) is 0. The van der Waals surface area contributed by atoms with Crippen LogP contribution in [-0.4, -0.2) is 5.97 Å². The average Bonchev–Trinajstić information content (AvgIpc) is 2.69. The molecule has 0 saturated heterocycles. The Labute approximate surface area is 113 Å². The molecule has 2 rings (SSSR count). The molecule has 0 N–H and O–H groups in total. The summed E-state index contributed by atoms with van der Waals surface area (Å²) < 4.78 is 47.5. The Morgan fingerprint density at radius 2 is 1.80 bits per heavy atom. The average molecular weight is 284 g/mol. The largest absolute Gasteiger partial charge is 0.425 e. The number of hydrogen-bond donors (Lipinski definition) is 0. The molecule has 0 unspecified atom stereocenters. The topological polar surface area (TPSA) is 39.4 Å². The standard InChI is InChI=1S/C14H11F3O3/c1-8-7-12(20-13(8)19-9(2)18)10-3-5-11(6-4-10)14(15,16)17/h3-7H,1-2H3. The van der Waals surface area contributed by atoms with Crippen molar-refractivity contribution >= 4 is 5.97 Å². The first-order chi connectivity index (χ1) is 9.27. The van der Waals surface area contributed by atoms with E-state index in [1.807, 2.05) is 0 Å². The van der Waals surface area contributed by atoms with Gasteiger partial charge in [-0.15, -0.1) is 0 Å². The molecule has 106 valence electrons. The predicted octanol–water partition coefficient (Wildman–Crippen LogP) is 4.20. The molecular formula is C14H11F3O3. The van der Waals surface area contributed by atoms with E-state index in [0.29, 0.717) is 16.9 Å². The van der Waals surface area contributed by atoms with Crippen molar-refractivity contribution in [2.75, 3.05) is 0 Å². The molecule has 0 aliphatic rings. The lowest BCUT2D eigenvalue weighted by atomic mass is 10.1.